The van der Waals surface area contributed by atoms with Crippen LogP contribution in [0.2, 0.25) is 0 Å². The Hall–Kier alpha value is -3.20. The zero-order valence-corrected chi connectivity index (χ0v) is 20.4. The summed E-state index contributed by atoms with van der Waals surface area (Å²) < 4.78 is 8.89. The van der Waals surface area contributed by atoms with Gasteiger partial charge in [-0.1, -0.05) is 47.7 Å². The number of ether oxygens (including phenoxy) is 1. The van der Waals surface area contributed by atoms with E-state index >= 15 is 0 Å². The Bertz CT molecular complexity index is 1450. The van der Waals surface area contributed by atoms with Crippen molar-refractivity contribution < 1.29 is 9.53 Å². The number of carbonyl (C=O) groups excluding carboxylic acids is 1. The van der Waals surface area contributed by atoms with E-state index in [-0.39, 0.29) is 5.91 Å². The number of methoxy groups -OCH3 is 1. The number of benzene rings is 2. The summed E-state index contributed by atoms with van der Waals surface area (Å²) in [7, 11) is 1.70. The molecule has 172 valence electrons. The van der Waals surface area contributed by atoms with E-state index in [9.17, 15) is 4.79 Å². The Balaban J connectivity index is 1.33. The van der Waals surface area contributed by atoms with Gasteiger partial charge >= 0.3 is 0 Å². The number of carbonyl (C=O) groups is 1. The van der Waals surface area contributed by atoms with E-state index in [1.807, 2.05) is 34.5 Å². The molecule has 0 radical (unpaired) electrons. The van der Waals surface area contributed by atoms with Gasteiger partial charge in [-0.05, 0) is 29.6 Å². The lowest BCUT2D eigenvalue weighted by atomic mass is 10.1. The van der Waals surface area contributed by atoms with Crippen LogP contribution in [0.5, 0.6) is 5.75 Å². The first-order chi connectivity index (χ1) is 16.7. The van der Waals surface area contributed by atoms with Gasteiger partial charge in [-0.2, -0.15) is 0 Å². The Morgan fingerprint density at radius 3 is 2.59 bits per heavy atom. The van der Waals surface area contributed by atoms with Crippen molar-refractivity contribution in [1.29, 1.82) is 0 Å². The van der Waals surface area contributed by atoms with Crippen molar-refractivity contribution in [2.45, 2.75) is 6.54 Å². The fraction of sp³-hybridized carbons (Fsp3) is 0.231. The summed E-state index contributed by atoms with van der Waals surface area (Å²) in [6.45, 7) is 3.94. The Kier molecular flexibility index (Phi) is 5.57. The molecule has 34 heavy (non-hydrogen) atoms. The number of hydrogen-bond donors (Lipinski definition) is 0. The second-order valence-electron chi connectivity index (χ2n) is 8.37. The molecule has 0 atom stereocenters. The number of rotatable bonds is 5. The zero-order valence-electron chi connectivity index (χ0n) is 18.8. The summed E-state index contributed by atoms with van der Waals surface area (Å²) in [5.41, 5.74) is 4.50. The van der Waals surface area contributed by atoms with Gasteiger partial charge in [0.1, 0.15) is 5.75 Å². The van der Waals surface area contributed by atoms with Crippen LogP contribution in [0.4, 0.5) is 0 Å². The topological polar surface area (TPSA) is 50.1 Å². The Morgan fingerprint density at radius 2 is 1.85 bits per heavy atom. The third kappa shape index (κ3) is 3.77. The number of thiophene rings is 1. The molecule has 5 aromatic rings. The molecule has 6 rings (SSSR count). The lowest BCUT2D eigenvalue weighted by molar-refractivity contribution is 0.0632. The number of imidazole rings is 1. The maximum atomic E-state index is 12.8. The second kappa shape index (κ2) is 8.87. The molecule has 1 aliphatic heterocycles. The number of hydrogen-bond acceptors (Lipinski definition) is 6. The first-order valence-corrected chi connectivity index (χ1v) is 13.0. The molecule has 2 aromatic carbocycles. The summed E-state index contributed by atoms with van der Waals surface area (Å²) in [4.78, 5) is 24.0. The average Bonchev–Trinajstić information content (AvgIpc) is 3.61. The number of amides is 1. The van der Waals surface area contributed by atoms with Gasteiger partial charge < -0.3 is 9.64 Å². The summed E-state index contributed by atoms with van der Waals surface area (Å²) in [6, 6.07) is 20.5. The first kappa shape index (κ1) is 21.3. The molecule has 1 saturated heterocycles. The van der Waals surface area contributed by atoms with Crippen LogP contribution in [0.15, 0.2) is 66.0 Å². The molecule has 0 bridgehead atoms. The maximum absolute atomic E-state index is 12.8. The van der Waals surface area contributed by atoms with Crippen LogP contribution in [-0.2, 0) is 6.54 Å². The van der Waals surface area contributed by atoms with Crippen LogP contribution in [0, 0.1) is 0 Å². The predicted octanol–water partition coefficient (Wildman–Crippen LogP) is 5.24. The summed E-state index contributed by atoms with van der Waals surface area (Å²) >= 11 is 3.20. The minimum Gasteiger partial charge on any atom is -0.497 e. The van der Waals surface area contributed by atoms with Gasteiger partial charge in [0, 0.05) is 38.3 Å². The molecular formula is C26H24N4O2S2. The van der Waals surface area contributed by atoms with Crippen molar-refractivity contribution in [1.82, 2.24) is 19.2 Å². The number of aromatic nitrogens is 2. The molecule has 3 aromatic heterocycles. The van der Waals surface area contributed by atoms with Crippen molar-refractivity contribution in [3.05, 3.63) is 76.6 Å². The highest BCUT2D eigenvalue weighted by Gasteiger charge is 2.26. The van der Waals surface area contributed by atoms with Crippen molar-refractivity contribution in [2.24, 2.45) is 0 Å². The van der Waals surface area contributed by atoms with Crippen molar-refractivity contribution >= 4 is 43.8 Å². The molecule has 8 heteroatoms. The molecule has 0 unspecified atom stereocenters. The molecule has 1 amide bonds. The molecule has 0 N–H and O–H groups in total. The SMILES string of the molecule is COc1ccc2c(c1)sc1nc(-c3ccccc3)c(CN3CCN(C(=O)c4cccs4)CC3)n12. The monoisotopic (exact) mass is 488 g/mol. The zero-order chi connectivity index (χ0) is 23.1. The van der Waals surface area contributed by atoms with E-state index in [2.05, 4.69) is 45.7 Å². The Labute approximate surface area is 205 Å². The van der Waals surface area contributed by atoms with Crippen LogP contribution in [0.25, 0.3) is 26.4 Å². The Morgan fingerprint density at radius 1 is 1.03 bits per heavy atom. The van der Waals surface area contributed by atoms with Crippen LogP contribution in [0.1, 0.15) is 15.4 Å². The van der Waals surface area contributed by atoms with E-state index in [0.29, 0.717) is 0 Å². The predicted molar refractivity (Wildman–Crippen MR) is 138 cm³/mol. The van der Waals surface area contributed by atoms with E-state index in [1.165, 1.54) is 17.0 Å². The highest BCUT2D eigenvalue weighted by atomic mass is 32.1. The molecule has 1 aliphatic rings. The number of fused-ring (bicyclic) bond motifs is 3. The maximum Gasteiger partial charge on any atom is 0.264 e. The summed E-state index contributed by atoms with van der Waals surface area (Å²) in [5, 5.41) is 1.96. The quantitative estimate of drug-likeness (QED) is 0.339. The number of piperazine rings is 1. The smallest absolute Gasteiger partial charge is 0.264 e. The lowest BCUT2D eigenvalue weighted by Crippen LogP contribution is -2.48. The van der Waals surface area contributed by atoms with Gasteiger partial charge in [-0.15, -0.1) is 11.3 Å². The first-order valence-electron chi connectivity index (χ1n) is 11.3. The average molecular weight is 489 g/mol. The largest absolute Gasteiger partial charge is 0.497 e. The van der Waals surface area contributed by atoms with E-state index in [4.69, 9.17) is 9.72 Å². The molecule has 0 aliphatic carbocycles. The fourth-order valence-electron chi connectivity index (χ4n) is 4.58. The molecule has 0 saturated carbocycles. The minimum atomic E-state index is 0.143. The normalized spacial score (nSPS) is 14.8. The van der Waals surface area contributed by atoms with Gasteiger partial charge in [0.25, 0.3) is 5.91 Å². The molecule has 1 fully saturated rings. The molecular weight excluding hydrogens is 464 g/mol. The van der Waals surface area contributed by atoms with Gasteiger partial charge in [-0.25, -0.2) is 4.98 Å². The van der Waals surface area contributed by atoms with Crippen molar-refractivity contribution in [3.8, 4) is 17.0 Å². The summed E-state index contributed by atoms with van der Waals surface area (Å²) in [5.74, 6) is 0.998. The van der Waals surface area contributed by atoms with Gasteiger partial charge in [-0.3, -0.25) is 14.1 Å². The summed E-state index contributed by atoms with van der Waals surface area (Å²) in [6.07, 6.45) is 0. The van der Waals surface area contributed by atoms with E-state index in [0.717, 1.165) is 69.8 Å². The highest BCUT2D eigenvalue weighted by molar-refractivity contribution is 7.23. The third-order valence-corrected chi connectivity index (χ3v) is 8.22. The van der Waals surface area contributed by atoms with Crippen molar-refractivity contribution in [2.75, 3.05) is 33.3 Å². The van der Waals surface area contributed by atoms with Gasteiger partial charge in [0.15, 0.2) is 4.96 Å². The third-order valence-electron chi connectivity index (χ3n) is 6.36. The molecule has 4 heterocycles. The number of thiazole rings is 1. The number of nitrogens with zero attached hydrogens (tertiary/aromatic N) is 4. The van der Waals surface area contributed by atoms with E-state index in [1.54, 1.807) is 18.4 Å². The highest BCUT2D eigenvalue weighted by Crippen LogP contribution is 2.35. The van der Waals surface area contributed by atoms with Crippen molar-refractivity contribution in [3.63, 3.8) is 0 Å². The van der Waals surface area contributed by atoms with Gasteiger partial charge in [0.2, 0.25) is 0 Å². The molecule has 6 nitrogen and oxygen atoms in total. The van der Waals surface area contributed by atoms with Crippen LogP contribution >= 0.6 is 22.7 Å². The van der Waals surface area contributed by atoms with Crippen LogP contribution < -0.4 is 4.74 Å². The van der Waals surface area contributed by atoms with Crippen LogP contribution in [-0.4, -0.2) is 58.4 Å². The second-order valence-corrected chi connectivity index (χ2v) is 10.3. The fourth-order valence-corrected chi connectivity index (χ4v) is 6.35. The standard InChI is InChI=1S/C26H24N4O2S2/c1-32-19-9-10-20-23(16-19)34-26-27-24(18-6-3-2-4-7-18)21(30(20)26)17-28-11-13-29(14-12-28)25(31)22-8-5-15-33-22/h2-10,15-16H,11-14,17H2,1H3. The minimum absolute atomic E-state index is 0.143. The molecule has 0 spiro atoms. The van der Waals surface area contributed by atoms with Gasteiger partial charge in [0.05, 0.1) is 33.6 Å². The lowest BCUT2D eigenvalue weighted by Gasteiger charge is -2.34. The van der Waals surface area contributed by atoms with E-state index < -0.39 is 0 Å². The van der Waals surface area contributed by atoms with Crippen LogP contribution in [0.3, 0.4) is 0 Å².